The Hall–Kier alpha value is -0.530. The first-order chi connectivity index (χ1) is 5.02. The molecule has 0 aromatic heterocycles. The van der Waals surface area contributed by atoms with Crippen molar-refractivity contribution in [2.45, 2.75) is 45.6 Å². The van der Waals surface area contributed by atoms with E-state index in [4.69, 9.17) is 4.74 Å². The molecule has 0 saturated heterocycles. The number of ether oxygens (including phenoxy) is 1. The maximum absolute atomic E-state index is 11.0. The van der Waals surface area contributed by atoms with Crippen LogP contribution in [0, 0.1) is 6.92 Å². The molecule has 0 fully saturated rings. The van der Waals surface area contributed by atoms with Crippen molar-refractivity contribution in [1.29, 1.82) is 0 Å². The van der Waals surface area contributed by atoms with Crippen LogP contribution >= 0.6 is 0 Å². The molecule has 0 spiro atoms. The van der Waals surface area contributed by atoms with Gasteiger partial charge in [0.05, 0.1) is 0 Å². The molecule has 0 N–H and O–H groups in total. The van der Waals surface area contributed by atoms with Gasteiger partial charge in [-0.1, -0.05) is 6.92 Å². The Kier molecular flexibility index (Phi) is 4.16. The second kappa shape index (κ2) is 4.37. The third-order valence-electron chi connectivity index (χ3n) is 1.45. The highest BCUT2D eigenvalue weighted by atomic mass is 16.6. The van der Waals surface area contributed by atoms with Gasteiger partial charge in [0.1, 0.15) is 5.60 Å². The van der Waals surface area contributed by atoms with Crippen LogP contribution in [0.2, 0.25) is 0 Å². The van der Waals surface area contributed by atoms with E-state index in [2.05, 4.69) is 6.92 Å². The van der Waals surface area contributed by atoms with E-state index in [1.54, 1.807) is 0 Å². The summed E-state index contributed by atoms with van der Waals surface area (Å²) in [5.74, 6) is -0.124. The third kappa shape index (κ3) is 4.82. The topological polar surface area (TPSA) is 26.3 Å². The normalized spacial score (nSPS) is 11.3. The highest BCUT2D eigenvalue weighted by Gasteiger charge is 2.19. The van der Waals surface area contributed by atoms with E-state index in [9.17, 15) is 4.79 Å². The molecule has 0 aliphatic heterocycles. The predicted molar refractivity (Wildman–Crippen MR) is 45.1 cm³/mol. The van der Waals surface area contributed by atoms with Crippen molar-refractivity contribution in [2.24, 2.45) is 0 Å². The van der Waals surface area contributed by atoms with Gasteiger partial charge in [0.25, 0.3) is 0 Å². The summed E-state index contributed by atoms with van der Waals surface area (Å²) >= 11 is 0. The number of hydrogen-bond acceptors (Lipinski definition) is 2. The minimum atomic E-state index is -0.397. The monoisotopic (exact) mass is 157 g/mol. The zero-order valence-corrected chi connectivity index (χ0v) is 7.64. The summed E-state index contributed by atoms with van der Waals surface area (Å²) in [7, 11) is 0. The lowest BCUT2D eigenvalue weighted by Gasteiger charge is -2.22. The molecular formula is C9H17O2. The third-order valence-corrected chi connectivity index (χ3v) is 1.45. The lowest BCUT2D eigenvalue weighted by molar-refractivity contribution is -0.156. The van der Waals surface area contributed by atoms with Gasteiger partial charge in [-0.15, -0.1) is 0 Å². The molecule has 0 aliphatic rings. The molecule has 2 heteroatoms. The Morgan fingerprint density at radius 3 is 2.45 bits per heavy atom. The van der Waals surface area contributed by atoms with Crippen molar-refractivity contribution in [2.75, 3.05) is 0 Å². The molecule has 0 rings (SSSR count). The molecule has 0 bridgehead atoms. The average Bonchev–Trinajstić information content (AvgIpc) is 1.87. The first-order valence-corrected chi connectivity index (χ1v) is 4.03. The molecule has 11 heavy (non-hydrogen) atoms. The molecular weight excluding hydrogens is 140 g/mol. The van der Waals surface area contributed by atoms with E-state index >= 15 is 0 Å². The van der Waals surface area contributed by atoms with Gasteiger partial charge in [0, 0.05) is 6.42 Å². The zero-order chi connectivity index (χ0) is 8.91. The summed E-state index contributed by atoms with van der Waals surface area (Å²) in [6.07, 6.45) is 1.96. The predicted octanol–water partition coefficient (Wildman–Crippen LogP) is 2.33. The van der Waals surface area contributed by atoms with Crippen LogP contribution in [0.1, 0.15) is 40.0 Å². The molecule has 0 aromatic rings. The van der Waals surface area contributed by atoms with E-state index in [1.807, 2.05) is 20.8 Å². The Balaban J connectivity index is 3.74. The maximum Gasteiger partial charge on any atom is 0.306 e. The fourth-order valence-corrected chi connectivity index (χ4v) is 0.614. The first kappa shape index (κ1) is 10.5. The van der Waals surface area contributed by atoms with Gasteiger partial charge in [-0.05, 0) is 33.6 Å². The van der Waals surface area contributed by atoms with Crippen molar-refractivity contribution >= 4 is 5.97 Å². The van der Waals surface area contributed by atoms with Crippen LogP contribution in [0.15, 0.2) is 0 Å². The van der Waals surface area contributed by atoms with E-state index in [0.717, 1.165) is 6.42 Å². The van der Waals surface area contributed by atoms with Crippen molar-refractivity contribution in [3.8, 4) is 0 Å². The number of rotatable bonds is 4. The maximum atomic E-state index is 11.0. The van der Waals surface area contributed by atoms with Gasteiger partial charge >= 0.3 is 5.97 Å². The highest BCUT2D eigenvalue weighted by Crippen LogP contribution is 2.14. The Morgan fingerprint density at radius 2 is 2.09 bits per heavy atom. The Morgan fingerprint density at radius 1 is 1.55 bits per heavy atom. The number of carbonyl (C=O) groups is 1. The Labute approximate surface area is 68.9 Å². The molecule has 0 atom stereocenters. The van der Waals surface area contributed by atoms with E-state index < -0.39 is 5.60 Å². The SMILES string of the molecule is [CH2]CC(C)(C)OC(=O)CCC. The van der Waals surface area contributed by atoms with Crippen LogP contribution in [-0.4, -0.2) is 11.6 Å². The fourth-order valence-electron chi connectivity index (χ4n) is 0.614. The summed E-state index contributed by atoms with van der Waals surface area (Å²) in [5.41, 5.74) is -0.397. The minimum absolute atomic E-state index is 0.124. The van der Waals surface area contributed by atoms with E-state index in [-0.39, 0.29) is 5.97 Å². The zero-order valence-electron chi connectivity index (χ0n) is 7.64. The average molecular weight is 157 g/mol. The lowest BCUT2D eigenvalue weighted by atomic mass is 10.1. The number of esters is 1. The van der Waals surface area contributed by atoms with E-state index in [1.165, 1.54) is 0 Å². The van der Waals surface area contributed by atoms with Crippen LogP contribution in [0.3, 0.4) is 0 Å². The summed E-state index contributed by atoms with van der Waals surface area (Å²) in [5, 5.41) is 0. The second-order valence-electron chi connectivity index (χ2n) is 3.23. The van der Waals surface area contributed by atoms with Gasteiger partial charge in [-0.3, -0.25) is 4.79 Å². The molecule has 0 heterocycles. The summed E-state index contributed by atoms with van der Waals surface area (Å²) in [6, 6.07) is 0. The number of carbonyl (C=O) groups excluding carboxylic acids is 1. The van der Waals surface area contributed by atoms with Crippen molar-refractivity contribution in [1.82, 2.24) is 0 Å². The van der Waals surface area contributed by atoms with Crippen LogP contribution in [0.25, 0.3) is 0 Å². The summed E-state index contributed by atoms with van der Waals surface area (Å²) in [6.45, 7) is 9.39. The number of hydrogen-bond donors (Lipinski definition) is 0. The van der Waals surface area contributed by atoms with Crippen LogP contribution in [0.4, 0.5) is 0 Å². The van der Waals surface area contributed by atoms with Gasteiger partial charge in [0.2, 0.25) is 0 Å². The lowest BCUT2D eigenvalue weighted by Crippen LogP contribution is -2.26. The van der Waals surface area contributed by atoms with Crippen LogP contribution in [0.5, 0.6) is 0 Å². The second-order valence-corrected chi connectivity index (χ2v) is 3.23. The molecule has 0 aliphatic carbocycles. The molecule has 0 aromatic carbocycles. The van der Waals surface area contributed by atoms with Crippen molar-refractivity contribution in [3.63, 3.8) is 0 Å². The van der Waals surface area contributed by atoms with Crippen LogP contribution < -0.4 is 0 Å². The fraction of sp³-hybridized carbons (Fsp3) is 0.778. The van der Waals surface area contributed by atoms with Gasteiger partial charge < -0.3 is 4.74 Å². The minimum Gasteiger partial charge on any atom is -0.460 e. The smallest absolute Gasteiger partial charge is 0.306 e. The molecule has 1 radical (unpaired) electrons. The Bertz CT molecular complexity index is 128. The molecule has 2 nitrogen and oxygen atoms in total. The summed E-state index contributed by atoms with van der Waals surface area (Å²) in [4.78, 5) is 11.0. The standard InChI is InChI=1S/C9H17O2/c1-5-7-8(10)11-9(3,4)6-2/h2,5-7H2,1,3-4H3. The van der Waals surface area contributed by atoms with Crippen LogP contribution in [-0.2, 0) is 9.53 Å². The quantitative estimate of drug-likeness (QED) is 0.585. The highest BCUT2D eigenvalue weighted by molar-refractivity contribution is 5.69. The van der Waals surface area contributed by atoms with Crippen molar-refractivity contribution < 1.29 is 9.53 Å². The van der Waals surface area contributed by atoms with Gasteiger partial charge in [-0.25, -0.2) is 0 Å². The summed E-state index contributed by atoms with van der Waals surface area (Å²) < 4.78 is 5.13. The van der Waals surface area contributed by atoms with Gasteiger partial charge in [0.15, 0.2) is 0 Å². The first-order valence-electron chi connectivity index (χ1n) is 4.03. The molecule has 0 saturated carbocycles. The molecule has 65 valence electrons. The molecule has 0 amide bonds. The van der Waals surface area contributed by atoms with E-state index in [0.29, 0.717) is 12.8 Å². The molecule has 0 unspecified atom stereocenters. The van der Waals surface area contributed by atoms with Gasteiger partial charge in [-0.2, -0.15) is 0 Å². The largest absolute Gasteiger partial charge is 0.460 e. The van der Waals surface area contributed by atoms with Crippen molar-refractivity contribution in [3.05, 3.63) is 6.92 Å².